The van der Waals surface area contributed by atoms with Gasteiger partial charge in [0.25, 0.3) is 0 Å². The largest absolute Gasteiger partial charge is 0.494 e. The van der Waals surface area contributed by atoms with E-state index in [9.17, 15) is 9.59 Å². The Kier molecular flexibility index (Phi) is 7.70. The molecule has 1 aliphatic heterocycles. The van der Waals surface area contributed by atoms with E-state index in [0.29, 0.717) is 30.4 Å². The van der Waals surface area contributed by atoms with E-state index in [-0.39, 0.29) is 6.03 Å². The Labute approximate surface area is 161 Å². The van der Waals surface area contributed by atoms with Crippen LogP contribution in [0.3, 0.4) is 0 Å². The first-order valence-electron chi connectivity index (χ1n) is 9.64. The number of amides is 2. The number of urea groups is 1. The lowest BCUT2D eigenvalue weighted by atomic mass is 9.95. The number of carbonyl (C=O) groups is 2. The molecule has 0 saturated heterocycles. The maximum atomic E-state index is 12.7. The van der Waals surface area contributed by atoms with Gasteiger partial charge in [0.05, 0.1) is 24.8 Å². The molecular weight excluding hydrogens is 344 g/mol. The normalized spacial score (nSPS) is 17.8. The highest BCUT2D eigenvalue weighted by Gasteiger charge is 2.32. The van der Waals surface area contributed by atoms with Crippen LogP contribution in [0.15, 0.2) is 35.5 Å². The van der Waals surface area contributed by atoms with Crippen molar-refractivity contribution in [1.82, 2.24) is 10.6 Å². The van der Waals surface area contributed by atoms with E-state index in [1.165, 1.54) is 0 Å². The summed E-state index contributed by atoms with van der Waals surface area (Å²) in [5.74, 6) is 0.665. The highest BCUT2D eigenvalue weighted by atomic mass is 16.5. The molecule has 6 heteroatoms. The van der Waals surface area contributed by atoms with Gasteiger partial charge in [-0.3, -0.25) is 0 Å². The maximum Gasteiger partial charge on any atom is 0.338 e. The molecular formula is C21H30N2O4. The van der Waals surface area contributed by atoms with Crippen molar-refractivity contribution in [1.29, 1.82) is 0 Å². The second-order valence-corrected chi connectivity index (χ2v) is 6.98. The standard InChI is InChI=1S/C21H30N2O4/c1-5-7-14(3)13-27-20(24)18-15(4)22-21(25)23-19(18)16-8-10-17(11-9-16)26-12-6-2/h8-11,14,19H,5-7,12-13H2,1-4H3,(H2,22,23,25). The molecule has 0 radical (unpaired) electrons. The van der Waals surface area contributed by atoms with E-state index >= 15 is 0 Å². The quantitative estimate of drug-likeness (QED) is 0.639. The van der Waals surface area contributed by atoms with Gasteiger partial charge in [-0.2, -0.15) is 0 Å². The summed E-state index contributed by atoms with van der Waals surface area (Å²) in [6.45, 7) is 8.95. The van der Waals surface area contributed by atoms with Crippen molar-refractivity contribution in [2.45, 2.75) is 53.0 Å². The molecule has 27 heavy (non-hydrogen) atoms. The number of carbonyl (C=O) groups excluding carboxylic acids is 2. The third-order valence-electron chi connectivity index (χ3n) is 4.46. The smallest absolute Gasteiger partial charge is 0.338 e. The predicted molar refractivity (Wildman–Crippen MR) is 104 cm³/mol. The number of esters is 1. The van der Waals surface area contributed by atoms with Gasteiger partial charge in [-0.05, 0) is 43.4 Å². The van der Waals surface area contributed by atoms with Gasteiger partial charge in [-0.25, -0.2) is 9.59 Å². The Hall–Kier alpha value is -2.50. The van der Waals surface area contributed by atoms with E-state index in [2.05, 4.69) is 24.5 Å². The summed E-state index contributed by atoms with van der Waals surface area (Å²) in [5.41, 5.74) is 1.75. The molecule has 1 aliphatic rings. The second-order valence-electron chi connectivity index (χ2n) is 6.98. The maximum absolute atomic E-state index is 12.7. The Morgan fingerprint density at radius 3 is 2.52 bits per heavy atom. The summed E-state index contributed by atoms with van der Waals surface area (Å²) in [5, 5.41) is 5.49. The fraction of sp³-hybridized carbons (Fsp3) is 0.524. The van der Waals surface area contributed by atoms with Crippen LogP contribution in [-0.4, -0.2) is 25.2 Å². The molecule has 2 atom stereocenters. The first-order chi connectivity index (χ1) is 13.0. The zero-order valence-corrected chi connectivity index (χ0v) is 16.6. The number of nitrogens with one attached hydrogen (secondary N) is 2. The van der Waals surface area contributed by atoms with E-state index in [1.54, 1.807) is 6.92 Å². The molecule has 0 spiro atoms. The SMILES string of the molecule is CCCOc1ccc(C2NC(=O)NC(C)=C2C(=O)OCC(C)CCC)cc1. The number of allylic oxidation sites excluding steroid dienone is 1. The minimum atomic E-state index is -0.548. The fourth-order valence-electron chi connectivity index (χ4n) is 3.06. The molecule has 2 amide bonds. The zero-order valence-electron chi connectivity index (χ0n) is 16.6. The van der Waals surface area contributed by atoms with E-state index in [0.717, 1.165) is 30.6 Å². The van der Waals surface area contributed by atoms with E-state index in [4.69, 9.17) is 9.47 Å². The molecule has 1 heterocycles. The van der Waals surface area contributed by atoms with Crippen LogP contribution in [0, 0.1) is 5.92 Å². The van der Waals surface area contributed by atoms with E-state index in [1.807, 2.05) is 31.2 Å². The van der Waals surface area contributed by atoms with Crippen molar-refractivity contribution in [3.05, 3.63) is 41.1 Å². The molecule has 1 aromatic carbocycles. The van der Waals surface area contributed by atoms with Crippen molar-refractivity contribution < 1.29 is 19.1 Å². The highest BCUT2D eigenvalue weighted by molar-refractivity contribution is 5.95. The number of hydrogen-bond acceptors (Lipinski definition) is 4. The lowest BCUT2D eigenvalue weighted by molar-refractivity contribution is -0.140. The van der Waals surface area contributed by atoms with Crippen LogP contribution in [-0.2, 0) is 9.53 Å². The molecule has 2 N–H and O–H groups in total. The summed E-state index contributed by atoms with van der Waals surface area (Å²) in [7, 11) is 0. The van der Waals surface area contributed by atoms with Crippen LogP contribution in [0.4, 0.5) is 4.79 Å². The molecule has 2 unspecified atom stereocenters. The summed E-state index contributed by atoms with van der Waals surface area (Å²) in [6.07, 6.45) is 2.98. The van der Waals surface area contributed by atoms with Crippen LogP contribution in [0.25, 0.3) is 0 Å². The lowest BCUT2D eigenvalue weighted by Gasteiger charge is -2.28. The third kappa shape index (κ3) is 5.74. The Morgan fingerprint density at radius 1 is 1.19 bits per heavy atom. The van der Waals surface area contributed by atoms with Gasteiger partial charge in [0.15, 0.2) is 0 Å². The molecule has 148 valence electrons. The average molecular weight is 374 g/mol. The first kappa shape index (κ1) is 20.8. The average Bonchev–Trinajstić information content (AvgIpc) is 2.64. The molecule has 0 bridgehead atoms. The van der Waals surface area contributed by atoms with Gasteiger partial charge in [0, 0.05) is 5.70 Å². The van der Waals surface area contributed by atoms with Crippen molar-refractivity contribution in [3.8, 4) is 5.75 Å². The minimum absolute atomic E-state index is 0.305. The van der Waals surface area contributed by atoms with E-state index < -0.39 is 12.0 Å². The summed E-state index contributed by atoms with van der Waals surface area (Å²) >= 11 is 0. The van der Waals surface area contributed by atoms with Gasteiger partial charge in [0.2, 0.25) is 0 Å². The van der Waals surface area contributed by atoms with Crippen molar-refractivity contribution in [2.75, 3.05) is 13.2 Å². The Bertz CT molecular complexity index is 682. The molecule has 6 nitrogen and oxygen atoms in total. The topological polar surface area (TPSA) is 76.7 Å². The summed E-state index contributed by atoms with van der Waals surface area (Å²) in [6, 6.07) is 6.54. The lowest BCUT2D eigenvalue weighted by Crippen LogP contribution is -2.45. The van der Waals surface area contributed by atoms with Gasteiger partial charge >= 0.3 is 12.0 Å². The van der Waals surface area contributed by atoms with Crippen molar-refractivity contribution in [2.24, 2.45) is 5.92 Å². The van der Waals surface area contributed by atoms with Crippen LogP contribution in [0.5, 0.6) is 5.75 Å². The number of rotatable bonds is 9. The second kappa shape index (κ2) is 10.00. The number of hydrogen-bond donors (Lipinski definition) is 2. The predicted octanol–water partition coefficient (Wildman–Crippen LogP) is 4.08. The van der Waals surface area contributed by atoms with Crippen molar-refractivity contribution >= 4 is 12.0 Å². The molecule has 2 rings (SSSR count). The van der Waals surface area contributed by atoms with Gasteiger partial charge in [-0.15, -0.1) is 0 Å². The molecule has 0 aromatic heterocycles. The van der Waals surface area contributed by atoms with Crippen LogP contribution in [0.2, 0.25) is 0 Å². The first-order valence-corrected chi connectivity index (χ1v) is 9.64. The molecule has 0 saturated carbocycles. The Balaban J connectivity index is 2.18. The summed E-state index contributed by atoms with van der Waals surface area (Å²) in [4.78, 5) is 24.7. The van der Waals surface area contributed by atoms with Crippen LogP contribution >= 0.6 is 0 Å². The fourth-order valence-corrected chi connectivity index (χ4v) is 3.06. The van der Waals surface area contributed by atoms with Crippen LogP contribution < -0.4 is 15.4 Å². The highest BCUT2D eigenvalue weighted by Crippen LogP contribution is 2.29. The zero-order chi connectivity index (χ0) is 19.8. The molecule has 0 aliphatic carbocycles. The third-order valence-corrected chi connectivity index (χ3v) is 4.46. The Morgan fingerprint density at radius 2 is 1.89 bits per heavy atom. The number of ether oxygens (including phenoxy) is 2. The summed E-state index contributed by atoms with van der Waals surface area (Å²) < 4.78 is 11.1. The van der Waals surface area contributed by atoms with Gasteiger partial charge in [0.1, 0.15) is 5.75 Å². The van der Waals surface area contributed by atoms with Gasteiger partial charge < -0.3 is 20.1 Å². The molecule has 0 fully saturated rings. The van der Waals surface area contributed by atoms with Crippen LogP contribution in [0.1, 0.15) is 58.6 Å². The molecule has 1 aromatic rings. The van der Waals surface area contributed by atoms with Gasteiger partial charge in [-0.1, -0.05) is 39.3 Å². The number of benzene rings is 1. The minimum Gasteiger partial charge on any atom is -0.494 e. The van der Waals surface area contributed by atoms with Crippen molar-refractivity contribution in [3.63, 3.8) is 0 Å². The monoisotopic (exact) mass is 374 g/mol.